The Balaban J connectivity index is 1.30. The van der Waals surface area contributed by atoms with Crippen LogP contribution >= 0.6 is 0 Å². The number of carbonyl (C=O) groups is 2. The van der Waals surface area contributed by atoms with E-state index < -0.39 is 11.7 Å². The van der Waals surface area contributed by atoms with Crippen LogP contribution in [0.1, 0.15) is 52.6 Å². The molecule has 2 aliphatic heterocycles. The van der Waals surface area contributed by atoms with Crippen molar-refractivity contribution in [2.24, 2.45) is 5.92 Å². The smallest absolute Gasteiger partial charge is 0.338 e. The number of hydrogen-bond acceptors (Lipinski definition) is 3. The first-order valence-electron chi connectivity index (χ1n) is 12.6. The minimum absolute atomic E-state index is 0.0960. The average molecular weight is 502 g/mol. The summed E-state index contributed by atoms with van der Waals surface area (Å²) in [4.78, 5) is 29.8. The molecule has 0 saturated carbocycles. The third-order valence-electron chi connectivity index (χ3n) is 7.48. The monoisotopic (exact) mass is 501 g/mol. The number of fused-ring (bicyclic) bond motifs is 1. The van der Waals surface area contributed by atoms with E-state index in [9.17, 15) is 22.8 Å². The standard InChI is InChI=1S/C28H34F3N3O2/c1-18-6-7-24(15-25(18)28(29,30)31)32-26(35)9-11-33-10-4-5-22(16-33)27(36)34-12-8-21-13-19(2)20(3)14-23(21)17-34/h6-7,13-15,22H,4-5,8-12,16-17H2,1-3H3,(H,32,35). The van der Waals surface area contributed by atoms with Gasteiger partial charge < -0.3 is 15.1 Å². The van der Waals surface area contributed by atoms with Crippen LogP contribution in [0.5, 0.6) is 0 Å². The number of hydrogen-bond donors (Lipinski definition) is 1. The van der Waals surface area contributed by atoms with Crippen LogP contribution in [0.2, 0.25) is 0 Å². The third-order valence-corrected chi connectivity index (χ3v) is 7.48. The van der Waals surface area contributed by atoms with Gasteiger partial charge in [0.1, 0.15) is 0 Å². The van der Waals surface area contributed by atoms with Crippen molar-refractivity contribution in [3.8, 4) is 0 Å². The number of halogens is 3. The Bertz CT molecular complexity index is 1150. The number of alkyl halides is 3. The van der Waals surface area contributed by atoms with Gasteiger partial charge in [0.15, 0.2) is 0 Å². The van der Waals surface area contributed by atoms with Crippen molar-refractivity contribution in [3.05, 3.63) is 63.7 Å². The maximum atomic E-state index is 13.3. The first-order chi connectivity index (χ1) is 17.0. The molecule has 0 spiro atoms. The lowest BCUT2D eigenvalue weighted by Crippen LogP contribution is -2.46. The molecular weight excluding hydrogens is 467 g/mol. The topological polar surface area (TPSA) is 52.7 Å². The van der Waals surface area contributed by atoms with Crippen LogP contribution in [-0.2, 0) is 28.7 Å². The summed E-state index contributed by atoms with van der Waals surface area (Å²) in [6.07, 6.45) is -1.72. The van der Waals surface area contributed by atoms with E-state index >= 15 is 0 Å². The molecule has 2 amide bonds. The van der Waals surface area contributed by atoms with E-state index in [1.54, 1.807) is 0 Å². The first-order valence-corrected chi connectivity index (χ1v) is 12.6. The molecule has 2 heterocycles. The summed E-state index contributed by atoms with van der Waals surface area (Å²) in [7, 11) is 0. The highest BCUT2D eigenvalue weighted by Gasteiger charge is 2.33. The first kappa shape index (κ1) is 26.2. The zero-order valence-corrected chi connectivity index (χ0v) is 21.2. The van der Waals surface area contributed by atoms with Crippen LogP contribution in [-0.4, -0.2) is 47.8 Å². The fourth-order valence-corrected chi connectivity index (χ4v) is 5.25. The van der Waals surface area contributed by atoms with Gasteiger partial charge in [-0.25, -0.2) is 0 Å². The number of benzene rings is 2. The molecule has 5 nitrogen and oxygen atoms in total. The molecule has 2 aliphatic rings. The number of amides is 2. The second kappa shape index (κ2) is 10.6. The van der Waals surface area contributed by atoms with Crippen molar-refractivity contribution in [2.75, 3.05) is 31.5 Å². The molecule has 8 heteroatoms. The van der Waals surface area contributed by atoms with Crippen molar-refractivity contribution in [3.63, 3.8) is 0 Å². The van der Waals surface area contributed by atoms with E-state index in [0.717, 1.165) is 38.4 Å². The maximum Gasteiger partial charge on any atom is 0.416 e. The Morgan fingerprint density at radius 3 is 2.44 bits per heavy atom. The van der Waals surface area contributed by atoms with Gasteiger partial charge in [0.2, 0.25) is 11.8 Å². The van der Waals surface area contributed by atoms with Gasteiger partial charge in [-0.15, -0.1) is 0 Å². The largest absolute Gasteiger partial charge is 0.416 e. The summed E-state index contributed by atoms with van der Waals surface area (Å²) >= 11 is 0. The normalized spacial score (nSPS) is 18.6. The van der Waals surface area contributed by atoms with Crippen molar-refractivity contribution in [1.29, 1.82) is 0 Å². The zero-order valence-electron chi connectivity index (χ0n) is 21.2. The van der Waals surface area contributed by atoms with Gasteiger partial charge in [0.05, 0.1) is 11.5 Å². The molecule has 194 valence electrons. The summed E-state index contributed by atoms with van der Waals surface area (Å²) in [6, 6.07) is 8.25. The third kappa shape index (κ3) is 6.09. The van der Waals surface area contributed by atoms with Crippen LogP contribution in [0.3, 0.4) is 0 Å². The molecule has 1 unspecified atom stereocenters. The van der Waals surface area contributed by atoms with E-state index in [4.69, 9.17) is 0 Å². The fraction of sp³-hybridized carbons (Fsp3) is 0.500. The number of nitrogens with one attached hydrogen (secondary N) is 1. The Morgan fingerprint density at radius 1 is 1.00 bits per heavy atom. The molecule has 1 atom stereocenters. The van der Waals surface area contributed by atoms with E-state index in [2.05, 4.69) is 36.2 Å². The molecular formula is C28H34F3N3O2. The number of likely N-dealkylation sites (tertiary alicyclic amines) is 1. The second-order valence-corrected chi connectivity index (χ2v) is 10.2. The van der Waals surface area contributed by atoms with E-state index in [-0.39, 0.29) is 35.4 Å². The Morgan fingerprint density at radius 2 is 1.72 bits per heavy atom. The lowest BCUT2D eigenvalue weighted by molar-refractivity contribution is -0.139. The average Bonchev–Trinajstić information content (AvgIpc) is 2.83. The lowest BCUT2D eigenvalue weighted by Gasteiger charge is -2.37. The van der Waals surface area contributed by atoms with Crippen LogP contribution < -0.4 is 5.32 Å². The fourth-order valence-electron chi connectivity index (χ4n) is 5.25. The lowest BCUT2D eigenvalue weighted by atomic mass is 9.92. The second-order valence-electron chi connectivity index (χ2n) is 10.2. The Hall–Kier alpha value is -2.87. The van der Waals surface area contributed by atoms with Gasteiger partial charge in [-0.05, 0) is 86.5 Å². The Labute approximate surface area is 210 Å². The molecule has 1 N–H and O–H groups in total. The predicted octanol–water partition coefficient (Wildman–Crippen LogP) is 5.26. The van der Waals surface area contributed by atoms with Gasteiger partial charge in [-0.3, -0.25) is 9.59 Å². The van der Waals surface area contributed by atoms with Gasteiger partial charge in [0, 0.05) is 38.3 Å². The van der Waals surface area contributed by atoms with E-state index in [1.807, 2.05) is 4.90 Å². The van der Waals surface area contributed by atoms with Gasteiger partial charge >= 0.3 is 6.18 Å². The number of carbonyl (C=O) groups excluding carboxylic acids is 2. The van der Waals surface area contributed by atoms with Crippen molar-refractivity contribution >= 4 is 17.5 Å². The SMILES string of the molecule is Cc1cc2c(cc1C)CN(C(=O)C1CCCN(CCC(=O)Nc3ccc(C)c(C(F)(F)F)c3)C1)CC2. The van der Waals surface area contributed by atoms with E-state index in [0.29, 0.717) is 19.6 Å². The molecule has 1 fully saturated rings. The Kier molecular flexibility index (Phi) is 7.73. The van der Waals surface area contributed by atoms with Crippen LogP contribution in [0.15, 0.2) is 30.3 Å². The van der Waals surface area contributed by atoms with Crippen molar-refractivity contribution in [2.45, 2.75) is 59.2 Å². The van der Waals surface area contributed by atoms with Crippen LogP contribution in [0, 0.1) is 26.7 Å². The predicted molar refractivity (Wildman–Crippen MR) is 134 cm³/mol. The quantitative estimate of drug-likeness (QED) is 0.609. The van der Waals surface area contributed by atoms with Crippen molar-refractivity contribution < 1.29 is 22.8 Å². The maximum absolute atomic E-state index is 13.3. The van der Waals surface area contributed by atoms with Gasteiger partial charge in [-0.1, -0.05) is 18.2 Å². The highest BCUT2D eigenvalue weighted by molar-refractivity contribution is 5.91. The van der Waals surface area contributed by atoms with Crippen LogP contribution in [0.25, 0.3) is 0 Å². The molecule has 0 aromatic heterocycles. The number of nitrogens with zero attached hydrogens (tertiary/aromatic N) is 2. The molecule has 0 aliphatic carbocycles. The number of piperidine rings is 1. The molecule has 0 bridgehead atoms. The molecule has 0 radical (unpaired) electrons. The summed E-state index contributed by atoms with van der Waals surface area (Å²) in [6.45, 7) is 8.85. The minimum atomic E-state index is -4.46. The summed E-state index contributed by atoms with van der Waals surface area (Å²) in [5.41, 5.74) is 4.59. The van der Waals surface area contributed by atoms with E-state index in [1.165, 1.54) is 41.3 Å². The molecule has 36 heavy (non-hydrogen) atoms. The highest BCUT2D eigenvalue weighted by atomic mass is 19.4. The number of rotatable bonds is 5. The summed E-state index contributed by atoms with van der Waals surface area (Å²) in [5, 5.41) is 2.58. The number of aryl methyl sites for hydroxylation is 3. The molecule has 4 rings (SSSR count). The molecule has 2 aromatic rings. The van der Waals surface area contributed by atoms with Crippen LogP contribution in [0.4, 0.5) is 18.9 Å². The highest BCUT2D eigenvalue weighted by Crippen LogP contribution is 2.33. The summed E-state index contributed by atoms with van der Waals surface area (Å²) in [5.74, 6) is -0.257. The molecule has 1 saturated heterocycles. The van der Waals surface area contributed by atoms with Crippen molar-refractivity contribution in [1.82, 2.24) is 9.80 Å². The van der Waals surface area contributed by atoms with Gasteiger partial charge in [0.25, 0.3) is 0 Å². The van der Waals surface area contributed by atoms with Gasteiger partial charge in [-0.2, -0.15) is 13.2 Å². The molecule has 2 aromatic carbocycles. The zero-order chi connectivity index (χ0) is 26.0. The minimum Gasteiger partial charge on any atom is -0.338 e. The number of anilines is 1. The summed E-state index contributed by atoms with van der Waals surface area (Å²) < 4.78 is 39.4.